The van der Waals surface area contributed by atoms with Gasteiger partial charge in [0.2, 0.25) is 5.91 Å². The molecule has 2 atom stereocenters. The van der Waals surface area contributed by atoms with Crippen molar-refractivity contribution in [3.63, 3.8) is 0 Å². The molecule has 2 aromatic rings. The normalized spacial score (nSPS) is 29.3. The van der Waals surface area contributed by atoms with Crippen molar-refractivity contribution in [1.29, 1.82) is 0 Å². The first-order valence-electron chi connectivity index (χ1n) is 10.6. The lowest BCUT2D eigenvalue weighted by atomic mass is 9.86. The number of carbonyl (C=O) groups is 1. The van der Waals surface area contributed by atoms with Crippen molar-refractivity contribution in [1.82, 2.24) is 19.4 Å². The lowest BCUT2D eigenvalue weighted by Gasteiger charge is -2.39. The number of amides is 1. The van der Waals surface area contributed by atoms with Gasteiger partial charge in [-0.25, -0.2) is 0 Å². The Morgan fingerprint density at radius 1 is 1.29 bits per heavy atom. The molecule has 3 aliphatic rings. The van der Waals surface area contributed by atoms with E-state index in [0.717, 1.165) is 36.6 Å². The van der Waals surface area contributed by atoms with E-state index < -0.39 is 0 Å². The molecule has 2 aliphatic heterocycles. The highest BCUT2D eigenvalue weighted by Gasteiger charge is 2.45. The molecule has 1 aliphatic carbocycles. The van der Waals surface area contributed by atoms with Crippen LogP contribution < -0.4 is 0 Å². The smallest absolute Gasteiger partial charge is 0.237 e. The Morgan fingerprint density at radius 2 is 2.14 bits per heavy atom. The Labute approximate surface area is 170 Å². The van der Waals surface area contributed by atoms with E-state index in [1.54, 1.807) is 6.26 Å². The number of hydrogen-bond acceptors (Lipinski definition) is 6. The fraction of sp³-hybridized carbons (Fsp3) is 0.667. The third kappa shape index (κ3) is 3.39. The molecule has 0 aromatic carbocycles. The van der Waals surface area contributed by atoms with E-state index in [2.05, 4.69) is 26.3 Å². The van der Waals surface area contributed by atoms with Gasteiger partial charge in [0.1, 0.15) is 5.76 Å². The van der Waals surface area contributed by atoms with Gasteiger partial charge in [-0.1, -0.05) is 11.4 Å². The molecule has 2 fully saturated rings. The summed E-state index contributed by atoms with van der Waals surface area (Å²) in [6.07, 6.45) is 9.56. The second kappa shape index (κ2) is 7.59. The maximum Gasteiger partial charge on any atom is 0.237 e. The molecular formula is C21H28N4O2S. The first-order valence-corrected chi connectivity index (χ1v) is 11.3. The van der Waals surface area contributed by atoms with E-state index in [9.17, 15) is 4.79 Å². The monoisotopic (exact) mass is 400 g/mol. The van der Waals surface area contributed by atoms with Crippen LogP contribution in [0.15, 0.2) is 22.8 Å². The van der Waals surface area contributed by atoms with Gasteiger partial charge in [0.15, 0.2) is 0 Å². The molecule has 7 heteroatoms. The van der Waals surface area contributed by atoms with E-state index >= 15 is 0 Å². The highest BCUT2D eigenvalue weighted by atomic mass is 32.1. The van der Waals surface area contributed by atoms with Crippen LogP contribution in [0, 0.1) is 5.92 Å². The third-order valence-electron chi connectivity index (χ3n) is 6.89. The van der Waals surface area contributed by atoms with E-state index in [-0.39, 0.29) is 11.9 Å². The van der Waals surface area contributed by atoms with Crippen LogP contribution in [0.4, 0.5) is 0 Å². The summed E-state index contributed by atoms with van der Waals surface area (Å²) >= 11 is 1.47. The molecular weight excluding hydrogens is 372 g/mol. The standard InChI is InChI=1S/C21H28N4O2S/c1-14-4-6-15(7-5-14)24(12-17-3-2-10-27-17)13-20(26)25-16-8-9-19(25)21-18(11-16)22-23-28-21/h2-3,10,14-16,19H,4-9,11-13H2,1H3/t14?,15?,16-,19-/m1/s1. The average Bonchev–Trinajstić information content (AvgIpc) is 3.43. The molecule has 0 spiro atoms. The van der Waals surface area contributed by atoms with Gasteiger partial charge in [-0.2, -0.15) is 0 Å². The summed E-state index contributed by atoms with van der Waals surface area (Å²) in [5.41, 5.74) is 1.12. The van der Waals surface area contributed by atoms with Gasteiger partial charge < -0.3 is 9.32 Å². The summed E-state index contributed by atoms with van der Waals surface area (Å²) in [6, 6.07) is 4.90. The molecule has 1 saturated carbocycles. The fourth-order valence-electron chi connectivity index (χ4n) is 5.33. The molecule has 0 radical (unpaired) electrons. The van der Waals surface area contributed by atoms with Gasteiger partial charge >= 0.3 is 0 Å². The minimum absolute atomic E-state index is 0.193. The molecule has 2 aromatic heterocycles. The van der Waals surface area contributed by atoms with Crippen LogP contribution in [-0.2, 0) is 17.8 Å². The van der Waals surface area contributed by atoms with Gasteiger partial charge in [0.25, 0.3) is 0 Å². The number of nitrogens with zero attached hydrogens (tertiary/aromatic N) is 4. The molecule has 150 valence electrons. The van der Waals surface area contributed by atoms with Crippen LogP contribution in [0.2, 0.25) is 0 Å². The predicted molar refractivity (Wildman–Crippen MR) is 107 cm³/mol. The van der Waals surface area contributed by atoms with Crippen molar-refractivity contribution in [2.75, 3.05) is 6.54 Å². The zero-order valence-electron chi connectivity index (χ0n) is 16.4. The molecule has 2 bridgehead atoms. The largest absolute Gasteiger partial charge is 0.468 e. The predicted octanol–water partition coefficient (Wildman–Crippen LogP) is 3.80. The second-order valence-electron chi connectivity index (χ2n) is 8.73. The van der Waals surface area contributed by atoms with Gasteiger partial charge in [0, 0.05) is 18.5 Å². The summed E-state index contributed by atoms with van der Waals surface area (Å²) < 4.78 is 9.75. The topological polar surface area (TPSA) is 62.5 Å². The van der Waals surface area contributed by atoms with Crippen molar-refractivity contribution in [2.45, 2.75) is 76.5 Å². The van der Waals surface area contributed by atoms with Crippen LogP contribution >= 0.6 is 11.5 Å². The first kappa shape index (κ1) is 18.3. The van der Waals surface area contributed by atoms with Crippen molar-refractivity contribution in [3.8, 4) is 0 Å². The summed E-state index contributed by atoms with van der Waals surface area (Å²) in [7, 11) is 0. The number of fused-ring (bicyclic) bond motifs is 4. The van der Waals surface area contributed by atoms with Gasteiger partial charge in [0.05, 0.1) is 36.0 Å². The zero-order valence-corrected chi connectivity index (χ0v) is 17.2. The number of aromatic nitrogens is 2. The van der Waals surface area contributed by atoms with Crippen molar-refractivity contribution in [2.24, 2.45) is 5.92 Å². The molecule has 1 amide bonds. The van der Waals surface area contributed by atoms with E-state index in [1.807, 2.05) is 12.1 Å². The summed E-state index contributed by atoms with van der Waals surface area (Å²) in [5.74, 6) is 2.01. The quantitative estimate of drug-likeness (QED) is 0.764. The van der Waals surface area contributed by atoms with Gasteiger partial charge in [-0.05, 0) is 68.1 Å². The maximum atomic E-state index is 13.5. The van der Waals surface area contributed by atoms with E-state index in [0.29, 0.717) is 25.2 Å². The Bertz CT molecular complexity index is 812. The van der Waals surface area contributed by atoms with Gasteiger partial charge in [-0.15, -0.1) is 5.10 Å². The minimum atomic E-state index is 0.193. The third-order valence-corrected chi connectivity index (χ3v) is 7.75. The number of hydrogen-bond donors (Lipinski definition) is 0. The van der Waals surface area contributed by atoms with Crippen LogP contribution in [-0.4, -0.2) is 43.9 Å². The molecule has 5 rings (SSSR count). The summed E-state index contributed by atoms with van der Waals surface area (Å²) in [4.78, 5) is 19.2. The minimum Gasteiger partial charge on any atom is -0.468 e. The molecule has 6 nitrogen and oxygen atoms in total. The molecule has 4 heterocycles. The lowest BCUT2D eigenvalue weighted by molar-refractivity contribution is -0.137. The highest BCUT2D eigenvalue weighted by Crippen LogP contribution is 2.44. The zero-order chi connectivity index (χ0) is 19.1. The lowest BCUT2D eigenvalue weighted by Crippen LogP contribution is -2.49. The van der Waals surface area contributed by atoms with Crippen molar-refractivity contribution in [3.05, 3.63) is 34.7 Å². The Balaban J connectivity index is 1.33. The van der Waals surface area contributed by atoms with Crippen molar-refractivity contribution < 1.29 is 9.21 Å². The Hall–Kier alpha value is -1.73. The molecule has 1 saturated heterocycles. The average molecular weight is 401 g/mol. The van der Waals surface area contributed by atoms with Crippen LogP contribution in [0.3, 0.4) is 0 Å². The molecule has 28 heavy (non-hydrogen) atoms. The Kier molecular flexibility index (Phi) is 4.97. The summed E-state index contributed by atoms with van der Waals surface area (Å²) in [5, 5.41) is 4.29. The SMILES string of the molecule is CC1CCC(N(CC(=O)N2[C@@H]3CC[C@@H]2c2snnc2C3)Cc2ccco2)CC1. The van der Waals surface area contributed by atoms with Crippen molar-refractivity contribution >= 4 is 17.4 Å². The number of carbonyl (C=O) groups excluding carboxylic acids is 1. The number of rotatable bonds is 5. The first-order chi connectivity index (χ1) is 13.7. The fourth-order valence-corrected chi connectivity index (χ4v) is 6.14. The van der Waals surface area contributed by atoms with E-state index in [1.165, 1.54) is 42.1 Å². The molecule has 0 N–H and O–H groups in total. The number of furan rings is 1. The summed E-state index contributed by atoms with van der Waals surface area (Å²) in [6.45, 7) is 3.53. The van der Waals surface area contributed by atoms with E-state index in [4.69, 9.17) is 4.42 Å². The highest BCUT2D eigenvalue weighted by molar-refractivity contribution is 7.05. The Morgan fingerprint density at radius 3 is 2.93 bits per heavy atom. The van der Waals surface area contributed by atoms with Crippen LogP contribution in [0.5, 0.6) is 0 Å². The molecule has 0 unspecified atom stereocenters. The van der Waals surface area contributed by atoms with Gasteiger partial charge in [-0.3, -0.25) is 9.69 Å². The van der Waals surface area contributed by atoms with Crippen LogP contribution in [0.1, 0.15) is 67.8 Å². The maximum absolute atomic E-state index is 13.5. The van der Waals surface area contributed by atoms with Crippen LogP contribution in [0.25, 0.3) is 0 Å². The second-order valence-corrected chi connectivity index (χ2v) is 9.52.